The topological polar surface area (TPSA) is 29.1 Å². The SMILES string of the molecule is CC(CCl)CNC(=O)c1ccc(Cl)c(Br)c1. The van der Waals surface area contributed by atoms with Gasteiger partial charge in [0.15, 0.2) is 0 Å². The summed E-state index contributed by atoms with van der Waals surface area (Å²) in [5.41, 5.74) is 0.582. The van der Waals surface area contributed by atoms with Gasteiger partial charge in [0.05, 0.1) is 5.02 Å². The number of hydrogen-bond donors (Lipinski definition) is 1. The number of carbonyl (C=O) groups excluding carboxylic acids is 1. The molecule has 0 aromatic heterocycles. The van der Waals surface area contributed by atoms with Crippen molar-refractivity contribution < 1.29 is 4.79 Å². The highest BCUT2D eigenvalue weighted by Gasteiger charge is 2.08. The van der Waals surface area contributed by atoms with Gasteiger partial charge in [-0.25, -0.2) is 0 Å². The molecule has 0 radical (unpaired) electrons. The number of carbonyl (C=O) groups is 1. The summed E-state index contributed by atoms with van der Waals surface area (Å²) in [7, 11) is 0. The third kappa shape index (κ3) is 3.96. The van der Waals surface area contributed by atoms with Gasteiger partial charge in [-0.3, -0.25) is 4.79 Å². The zero-order valence-electron chi connectivity index (χ0n) is 8.77. The van der Waals surface area contributed by atoms with Gasteiger partial charge in [0, 0.05) is 22.5 Å². The molecule has 1 unspecified atom stereocenters. The maximum absolute atomic E-state index is 11.7. The second-order valence-corrected chi connectivity index (χ2v) is 5.17. The Morgan fingerprint density at radius 1 is 1.56 bits per heavy atom. The molecule has 5 heteroatoms. The Hall–Kier alpha value is -0.250. The van der Waals surface area contributed by atoms with E-state index in [1.807, 2.05) is 6.92 Å². The van der Waals surface area contributed by atoms with Crippen molar-refractivity contribution in [2.75, 3.05) is 12.4 Å². The summed E-state index contributed by atoms with van der Waals surface area (Å²) < 4.78 is 0.715. The Morgan fingerprint density at radius 2 is 2.25 bits per heavy atom. The Kier molecular flexibility index (Phi) is 5.59. The van der Waals surface area contributed by atoms with Crippen LogP contribution in [0.25, 0.3) is 0 Å². The zero-order valence-corrected chi connectivity index (χ0v) is 11.9. The molecule has 0 heterocycles. The van der Waals surface area contributed by atoms with Crippen LogP contribution in [0.3, 0.4) is 0 Å². The lowest BCUT2D eigenvalue weighted by molar-refractivity contribution is 0.0949. The van der Waals surface area contributed by atoms with Crippen molar-refractivity contribution in [2.45, 2.75) is 6.92 Å². The summed E-state index contributed by atoms with van der Waals surface area (Å²) in [6, 6.07) is 5.07. The molecule has 0 spiro atoms. The molecule has 0 aliphatic heterocycles. The number of nitrogens with one attached hydrogen (secondary N) is 1. The van der Waals surface area contributed by atoms with E-state index in [0.29, 0.717) is 27.5 Å². The summed E-state index contributed by atoms with van der Waals surface area (Å²) >= 11 is 14.8. The molecule has 0 aliphatic carbocycles. The summed E-state index contributed by atoms with van der Waals surface area (Å²) in [6.45, 7) is 2.55. The molecule has 2 nitrogen and oxygen atoms in total. The van der Waals surface area contributed by atoms with E-state index in [1.165, 1.54) is 0 Å². The lowest BCUT2D eigenvalue weighted by Gasteiger charge is -2.09. The smallest absolute Gasteiger partial charge is 0.251 e. The molecule has 0 aliphatic rings. The third-order valence-corrected chi connectivity index (χ3v) is 3.80. The molecule has 1 rings (SSSR count). The van der Waals surface area contributed by atoms with E-state index in [0.717, 1.165) is 0 Å². The minimum absolute atomic E-state index is 0.116. The Balaban J connectivity index is 2.63. The third-order valence-electron chi connectivity index (χ3n) is 2.06. The van der Waals surface area contributed by atoms with Crippen LogP contribution in [-0.2, 0) is 0 Å². The summed E-state index contributed by atoms with van der Waals surface area (Å²) in [4.78, 5) is 11.7. The van der Waals surface area contributed by atoms with Gasteiger partial charge in [0.1, 0.15) is 0 Å². The molecule has 16 heavy (non-hydrogen) atoms. The van der Waals surface area contributed by atoms with Crippen molar-refractivity contribution in [2.24, 2.45) is 5.92 Å². The second kappa shape index (κ2) is 6.48. The predicted octanol–water partition coefficient (Wildman–Crippen LogP) is 3.71. The number of halogens is 3. The van der Waals surface area contributed by atoms with Gasteiger partial charge in [-0.1, -0.05) is 18.5 Å². The van der Waals surface area contributed by atoms with Gasteiger partial charge >= 0.3 is 0 Å². The monoisotopic (exact) mass is 323 g/mol. The van der Waals surface area contributed by atoms with Gasteiger partial charge in [0.2, 0.25) is 0 Å². The lowest BCUT2D eigenvalue weighted by atomic mass is 10.2. The summed E-state index contributed by atoms with van der Waals surface area (Å²) in [5, 5.41) is 3.40. The van der Waals surface area contributed by atoms with Crippen molar-refractivity contribution in [1.82, 2.24) is 5.32 Å². The molecule has 0 bridgehead atoms. The van der Waals surface area contributed by atoms with Crippen LogP contribution < -0.4 is 5.32 Å². The zero-order chi connectivity index (χ0) is 12.1. The fourth-order valence-corrected chi connectivity index (χ4v) is 1.67. The van der Waals surface area contributed by atoms with Crippen molar-refractivity contribution in [3.05, 3.63) is 33.3 Å². The predicted molar refractivity (Wildman–Crippen MR) is 71.4 cm³/mol. The number of hydrogen-bond acceptors (Lipinski definition) is 1. The molecule has 0 saturated carbocycles. The van der Waals surface area contributed by atoms with Crippen LogP contribution in [0.1, 0.15) is 17.3 Å². The lowest BCUT2D eigenvalue weighted by Crippen LogP contribution is -2.28. The highest BCUT2D eigenvalue weighted by Crippen LogP contribution is 2.23. The first kappa shape index (κ1) is 13.8. The van der Waals surface area contributed by atoms with E-state index in [1.54, 1.807) is 18.2 Å². The molecule has 88 valence electrons. The standard InChI is InChI=1S/C11H12BrCl2NO/c1-7(5-13)6-15-11(16)8-2-3-10(14)9(12)4-8/h2-4,7H,5-6H2,1H3,(H,15,16). The van der Waals surface area contributed by atoms with E-state index < -0.39 is 0 Å². The molecule has 0 fully saturated rings. The quantitative estimate of drug-likeness (QED) is 0.840. The van der Waals surface area contributed by atoms with Crippen molar-refractivity contribution in [3.8, 4) is 0 Å². The van der Waals surface area contributed by atoms with Gasteiger partial charge in [-0.2, -0.15) is 0 Å². The Morgan fingerprint density at radius 3 is 2.81 bits per heavy atom. The molecular weight excluding hydrogens is 313 g/mol. The molecule has 1 amide bonds. The van der Waals surface area contributed by atoms with Crippen molar-refractivity contribution in [1.29, 1.82) is 0 Å². The van der Waals surface area contributed by atoms with Gasteiger partial charge in [0.25, 0.3) is 5.91 Å². The summed E-state index contributed by atoms with van der Waals surface area (Å²) in [5.74, 6) is 0.681. The first-order valence-electron chi connectivity index (χ1n) is 4.83. The minimum Gasteiger partial charge on any atom is -0.352 e. The molecule has 1 N–H and O–H groups in total. The minimum atomic E-state index is -0.116. The average molecular weight is 325 g/mol. The van der Waals surface area contributed by atoms with Crippen LogP contribution >= 0.6 is 39.1 Å². The van der Waals surface area contributed by atoms with Crippen LogP contribution in [-0.4, -0.2) is 18.3 Å². The first-order chi connectivity index (χ1) is 7.54. The average Bonchev–Trinajstić information content (AvgIpc) is 2.29. The van der Waals surface area contributed by atoms with E-state index >= 15 is 0 Å². The Bertz CT molecular complexity index is 384. The van der Waals surface area contributed by atoms with Gasteiger partial charge in [-0.05, 0) is 40.0 Å². The highest BCUT2D eigenvalue weighted by molar-refractivity contribution is 9.10. The largest absolute Gasteiger partial charge is 0.352 e. The van der Waals surface area contributed by atoms with E-state index in [4.69, 9.17) is 23.2 Å². The van der Waals surface area contributed by atoms with Crippen LogP contribution in [0.5, 0.6) is 0 Å². The van der Waals surface area contributed by atoms with Crippen LogP contribution in [0.15, 0.2) is 22.7 Å². The molecule has 0 saturated heterocycles. The first-order valence-corrected chi connectivity index (χ1v) is 6.54. The van der Waals surface area contributed by atoms with Crippen LogP contribution in [0, 0.1) is 5.92 Å². The molecule has 1 aromatic rings. The normalized spacial score (nSPS) is 12.2. The number of benzene rings is 1. The second-order valence-electron chi connectivity index (χ2n) is 3.60. The van der Waals surface area contributed by atoms with E-state index in [-0.39, 0.29) is 11.8 Å². The van der Waals surface area contributed by atoms with E-state index in [2.05, 4.69) is 21.2 Å². The highest BCUT2D eigenvalue weighted by atomic mass is 79.9. The maximum Gasteiger partial charge on any atom is 0.251 e. The Labute approximate surface area is 113 Å². The maximum atomic E-state index is 11.7. The molecule has 1 aromatic carbocycles. The van der Waals surface area contributed by atoms with Crippen molar-refractivity contribution in [3.63, 3.8) is 0 Å². The summed E-state index contributed by atoms with van der Waals surface area (Å²) in [6.07, 6.45) is 0. The van der Waals surface area contributed by atoms with Crippen molar-refractivity contribution >= 4 is 45.0 Å². The van der Waals surface area contributed by atoms with E-state index in [9.17, 15) is 4.79 Å². The fraction of sp³-hybridized carbons (Fsp3) is 0.364. The molecular formula is C11H12BrCl2NO. The fourth-order valence-electron chi connectivity index (χ4n) is 1.06. The number of amides is 1. The van der Waals surface area contributed by atoms with Crippen LogP contribution in [0.2, 0.25) is 5.02 Å². The number of alkyl halides is 1. The van der Waals surface area contributed by atoms with Gasteiger partial charge in [-0.15, -0.1) is 11.6 Å². The molecule has 1 atom stereocenters. The van der Waals surface area contributed by atoms with Crippen LogP contribution in [0.4, 0.5) is 0 Å². The number of rotatable bonds is 4. The van der Waals surface area contributed by atoms with Gasteiger partial charge < -0.3 is 5.32 Å².